The van der Waals surface area contributed by atoms with E-state index in [1.165, 1.54) is 17.0 Å². The lowest BCUT2D eigenvalue weighted by Crippen LogP contribution is -2.31. The molecule has 0 aliphatic carbocycles. The van der Waals surface area contributed by atoms with Crippen molar-refractivity contribution >= 4 is 17.4 Å². The third-order valence-corrected chi connectivity index (χ3v) is 5.89. The van der Waals surface area contributed by atoms with Gasteiger partial charge in [-0.2, -0.15) is 0 Å². The third kappa shape index (κ3) is 4.32. The summed E-state index contributed by atoms with van der Waals surface area (Å²) >= 11 is 0. The van der Waals surface area contributed by atoms with Crippen LogP contribution in [0.5, 0.6) is 17.2 Å². The van der Waals surface area contributed by atoms with Crippen molar-refractivity contribution in [2.75, 3.05) is 20.8 Å². The average Bonchev–Trinajstić information content (AvgIpc) is 3.12. The molecule has 0 bridgehead atoms. The van der Waals surface area contributed by atoms with Crippen LogP contribution in [-0.2, 0) is 16.0 Å². The van der Waals surface area contributed by atoms with Gasteiger partial charge < -0.3 is 24.6 Å². The molecule has 7 heteroatoms. The summed E-state index contributed by atoms with van der Waals surface area (Å²) in [6.07, 6.45) is 0.452. The highest BCUT2D eigenvalue weighted by atomic mass is 16.5. The number of aliphatic hydroxyl groups is 1. The molecular weight excluding hydrogens is 434 g/mol. The van der Waals surface area contributed by atoms with Crippen LogP contribution in [0.4, 0.5) is 0 Å². The molecule has 1 amide bonds. The number of aliphatic hydroxyl groups excluding tert-OH is 1. The summed E-state index contributed by atoms with van der Waals surface area (Å²) in [7, 11) is 3.11. The number of likely N-dealkylation sites (tertiary alicyclic amines) is 1. The summed E-state index contributed by atoms with van der Waals surface area (Å²) in [5.41, 5.74) is 1.98. The standard InChI is InChI=1S/C27H25NO6/c1-33-21-13-8-17(16-22(21)34-2)14-15-28-24(18-9-11-20(29)12-10-18)23(26(31)27(28)32)25(30)19-6-4-3-5-7-19/h3-13,16,24,29-30H,14-15H2,1-2H3/t24-/m1/s1. The van der Waals surface area contributed by atoms with E-state index in [0.717, 1.165) is 5.56 Å². The van der Waals surface area contributed by atoms with E-state index >= 15 is 0 Å². The van der Waals surface area contributed by atoms with E-state index in [1.54, 1.807) is 62.8 Å². The fourth-order valence-electron chi connectivity index (χ4n) is 4.15. The number of carbonyl (C=O) groups excluding carboxylic acids is 2. The molecule has 4 rings (SSSR count). The van der Waals surface area contributed by atoms with Crippen molar-refractivity contribution in [1.82, 2.24) is 4.90 Å². The Morgan fingerprint density at radius 2 is 1.59 bits per heavy atom. The first kappa shape index (κ1) is 22.9. The van der Waals surface area contributed by atoms with Crippen molar-refractivity contribution in [1.29, 1.82) is 0 Å². The zero-order chi connectivity index (χ0) is 24.2. The lowest BCUT2D eigenvalue weighted by molar-refractivity contribution is -0.139. The van der Waals surface area contributed by atoms with Crippen molar-refractivity contribution in [3.8, 4) is 17.2 Å². The highest BCUT2D eigenvalue weighted by molar-refractivity contribution is 6.46. The van der Waals surface area contributed by atoms with Crippen LogP contribution in [0.15, 0.2) is 78.4 Å². The van der Waals surface area contributed by atoms with Gasteiger partial charge in [0.15, 0.2) is 11.5 Å². The number of phenols is 1. The Labute approximate surface area is 197 Å². The molecular formula is C27H25NO6. The van der Waals surface area contributed by atoms with Crippen molar-refractivity contribution in [2.45, 2.75) is 12.5 Å². The molecule has 1 heterocycles. The van der Waals surface area contributed by atoms with Crippen molar-refractivity contribution in [3.63, 3.8) is 0 Å². The molecule has 3 aromatic rings. The number of nitrogens with zero attached hydrogens (tertiary/aromatic N) is 1. The molecule has 1 saturated heterocycles. The van der Waals surface area contributed by atoms with E-state index in [0.29, 0.717) is 29.0 Å². The van der Waals surface area contributed by atoms with E-state index in [2.05, 4.69) is 0 Å². The van der Waals surface area contributed by atoms with Crippen LogP contribution in [-0.4, -0.2) is 47.6 Å². The first-order valence-corrected chi connectivity index (χ1v) is 10.8. The lowest BCUT2D eigenvalue weighted by Gasteiger charge is -2.25. The van der Waals surface area contributed by atoms with Crippen molar-refractivity contribution in [2.24, 2.45) is 0 Å². The summed E-state index contributed by atoms with van der Waals surface area (Å²) in [6, 6.07) is 19.6. The van der Waals surface area contributed by atoms with Gasteiger partial charge in [-0.25, -0.2) is 0 Å². The molecule has 1 fully saturated rings. The highest BCUT2D eigenvalue weighted by Crippen LogP contribution is 2.40. The number of hydrogen-bond acceptors (Lipinski definition) is 6. The first-order valence-electron chi connectivity index (χ1n) is 10.8. The third-order valence-electron chi connectivity index (χ3n) is 5.89. The van der Waals surface area contributed by atoms with Gasteiger partial charge in [-0.05, 0) is 41.8 Å². The lowest BCUT2D eigenvalue weighted by atomic mass is 9.95. The number of Topliss-reactive ketones (excluding diaryl/α,β-unsaturated/α-hetero) is 1. The normalized spacial score (nSPS) is 17.1. The number of carbonyl (C=O) groups is 2. The Hall–Kier alpha value is -4.26. The summed E-state index contributed by atoms with van der Waals surface area (Å²) < 4.78 is 10.6. The molecule has 3 aromatic carbocycles. The number of amides is 1. The maximum Gasteiger partial charge on any atom is 0.295 e. The molecule has 1 aliphatic heterocycles. The number of aromatic hydroxyl groups is 1. The molecule has 0 unspecified atom stereocenters. The fourth-order valence-corrected chi connectivity index (χ4v) is 4.15. The van der Waals surface area contributed by atoms with Gasteiger partial charge in [0.25, 0.3) is 11.7 Å². The number of hydrogen-bond donors (Lipinski definition) is 2. The molecule has 7 nitrogen and oxygen atoms in total. The zero-order valence-electron chi connectivity index (χ0n) is 18.9. The van der Waals surface area contributed by atoms with Gasteiger partial charge in [0, 0.05) is 12.1 Å². The van der Waals surface area contributed by atoms with Crippen LogP contribution in [0.1, 0.15) is 22.7 Å². The molecule has 0 saturated carbocycles. The number of ketones is 1. The summed E-state index contributed by atoms with van der Waals surface area (Å²) in [5, 5.41) is 20.8. The number of phenolic OH excluding ortho intramolecular Hbond substituents is 1. The smallest absolute Gasteiger partial charge is 0.295 e. The van der Waals surface area contributed by atoms with E-state index in [-0.39, 0.29) is 23.6 Å². The van der Waals surface area contributed by atoms with E-state index < -0.39 is 17.7 Å². The molecule has 0 aromatic heterocycles. The number of ether oxygens (including phenoxy) is 2. The van der Waals surface area contributed by atoms with Crippen LogP contribution >= 0.6 is 0 Å². The molecule has 34 heavy (non-hydrogen) atoms. The molecule has 0 spiro atoms. The Kier molecular flexibility index (Phi) is 6.54. The predicted octanol–water partition coefficient (Wildman–Crippen LogP) is 4.07. The number of methoxy groups -OCH3 is 2. The predicted molar refractivity (Wildman–Crippen MR) is 127 cm³/mol. The number of rotatable bonds is 7. The minimum absolute atomic E-state index is 0.0224. The Bertz CT molecular complexity index is 1230. The van der Waals surface area contributed by atoms with Gasteiger partial charge in [0.05, 0.1) is 25.8 Å². The second-order valence-electron chi connectivity index (χ2n) is 7.89. The summed E-state index contributed by atoms with van der Waals surface area (Å²) in [4.78, 5) is 27.6. The van der Waals surface area contributed by atoms with Gasteiger partial charge in [0.2, 0.25) is 0 Å². The van der Waals surface area contributed by atoms with Crippen LogP contribution in [0.2, 0.25) is 0 Å². The van der Waals surface area contributed by atoms with Gasteiger partial charge in [-0.3, -0.25) is 9.59 Å². The summed E-state index contributed by atoms with van der Waals surface area (Å²) in [5.74, 6) is -0.428. The highest BCUT2D eigenvalue weighted by Gasteiger charge is 2.45. The zero-order valence-corrected chi connectivity index (χ0v) is 18.9. The van der Waals surface area contributed by atoms with Gasteiger partial charge >= 0.3 is 0 Å². The maximum absolute atomic E-state index is 13.1. The topological polar surface area (TPSA) is 96.3 Å². The molecule has 1 atom stereocenters. The fraction of sp³-hybridized carbons (Fsp3) is 0.185. The molecule has 2 N–H and O–H groups in total. The van der Waals surface area contributed by atoms with Crippen LogP contribution < -0.4 is 9.47 Å². The van der Waals surface area contributed by atoms with Crippen LogP contribution in [0, 0.1) is 0 Å². The first-order chi connectivity index (χ1) is 16.4. The van der Waals surface area contributed by atoms with Crippen LogP contribution in [0.3, 0.4) is 0 Å². The Balaban J connectivity index is 1.73. The monoisotopic (exact) mass is 459 g/mol. The second-order valence-corrected chi connectivity index (χ2v) is 7.89. The van der Waals surface area contributed by atoms with Crippen molar-refractivity contribution in [3.05, 3.63) is 95.1 Å². The van der Waals surface area contributed by atoms with Gasteiger partial charge in [-0.15, -0.1) is 0 Å². The minimum atomic E-state index is -0.791. The number of benzene rings is 3. The average molecular weight is 459 g/mol. The molecule has 1 aliphatic rings. The molecule has 174 valence electrons. The van der Waals surface area contributed by atoms with E-state index in [1.807, 2.05) is 12.1 Å². The molecule has 0 radical (unpaired) electrons. The Morgan fingerprint density at radius 3 is 2.24 bits per heavy atom. The van der Waals surface area contributed by atoms with Crippen molar-refractivity contribution < 1.29 is 29.3 Å². The maximum atomic E-state index is 13.1. The van der Waals surface area contributed by atoms with E-state index in [9.17, 15) is 19.8 Å². The quantitative estimate of drug-likeness (QED) is 0.314. The van der Waals surface area contributed by atoms with Gasteiger partial charge in [0.1, 0.15) is 11.5 Å². The SMILES string of the molecule is COc1ccc(CCN2C(=O)C(=O)C(=C(O)c3ccccc3)[C@H]2c2ccc(O)cc2)cc1OC. The summed E-state index contributed by atoms with van der Waals surface area (Å²) in [6.45, 7) is 0.233. The van der Waals surface area contributed by atoms with Crippen LogP contribution in [0.25, 0.3) is 5.76 Å². The largest absolute Gasteiger partial charge is 0.508 e. The Morgan fingerprint density at radius 1 is 0.912 bits per heavy atom. The minimum Gasteiger partial charge on any atom is -0.508 e. The van der Waals surface area contributed by atoms with E-state index in [4.69, 9.17) is 9.47 Å². The second kappa shape index (κ2) is 9.70. The van der Waals surface area contributed by atoms with Gasteiger partial charge in [-0.1, -0.05) is 48.5 Å².